The molecule has 28 heavy (non-hydrogen) atoms. The van der Waals surface area contributed by atoms with Crippen molar-refractivity contribution in [3.63, 3.8) is 0 Å². The van der Waals surface area contributed by atoms with Crippen LogP contribution in [0.1, 0.15) is 60.1 Å². The first kappa shape index (κ1) is 19.9. The van der Waals surface area contributed by atoms with Crippen LogP contribution in [0.5, 0.6) is 0 Å². The van der Waals surface area contributed by atoms with Crippen molar-refractivity contribution in [2.24, 2.45) is 0 Å². The zero-order valence-electron chi connectivity index (χ0n) is 16.5. The summed E-state index contributed by atoms with van der Waals surface area (Å²) in [6, 6.07) is 8.47. The van der Waals surface area contributed by atoms with Crippen LogP contribution in [0.2, 0.25) is 0 Å². The molecular weight excluding hydrogens is 386 g/mol. The van der Waals surface area contributed by atoms with Gasteiger partial charge in [-0.2, -0.15) is 0 Å². The Morgan fingerprint density at radius 3 is 2.54 bits per heavy atom. The van der Waals surface area contributed by atoms with Gasteiger partial charge in [-0.25, -0.2) is 4.98 Å². The number of likely N-dealkylation sites (tertiary alicyclic amines) is 1. The number of rotatable bonds is 6. The van der Waals surface area contributed by atoms with Crippen molar-refractivity contribution in [2.75, 3.05) is 13.1 Å². The van der Waals surface area contributed by atoms with Crippen LogP contribution in [0.4, 0.5) is 0 Å². The van der Waals surface area contributed by atoms with Crippen LogP contribution in [-0.2, 0) is 6.54 Å². The second-order valence-electron chi connectivity index (χ2n) is 8.00. The van der Waals surface area contributed by atoms with Crippen molar-refractivity contribution in [1.29, 1.82) is 0 Å². The summed E-state index contributed by atoms with van der Waals surface area (Å²) < 4.78 is 1.18. The molecule has 1 aliphatic carbocycles. The number of carbonyl (C=O) groups excluding carboxylic acids is 1. The molecule has 1 amide bonds. The molecule has 1 aliphatic heterocycles. The molecule has 2 fully saturated rings. The topological polar surface area (TPSA) is 45.2 Å². The van der Waals surface area contributed by atoms with Gasteiger partial charge in [-0.3, -0.25) is 9.69 Å². The van der Waals surface area contributed by atoms with Crippen molar-refractivity contribution in [1.82, 2.24) is 15.2 Å². The zero-order valence-corrected chi connectivity index (χ0v) is 18.2. The second kappa shape index (κ2) is 9.42. The lowest BCUT2D eigenvalue weighted by Crippen LogP contribution is -2.38. The number of hydrogen-bond acceptors (Lipinski definition) is 5. The lowest BCUT2D eigenvalue weighted by Gasteiger charge is -2.28. The van der Waals surface area contributed by atoms with E-state index in [1.165, 1.54) is 35.8 Å². The number of nitrogens with one attached hydrogen (secondary N) is 1. The molecule has 1 saturated heterocycles. The molecule has 1 aromatic heterocycles. The van der Waals surface area contributed by atoms with E-state index in [1.807, 2.05) is 30.8 Å². The Morgan fingerprint density at radius 1 is 1.18 bits per heavy atom. The van der Waals surface area contributed by atoms with Gasteiger partial charge in [0.2, 0.25) is 0 Å². The summed E-state index contributed by atoms with van der Waals surface area (Å²) in [7, 11) is 0. The van der Waals surface area contributed by atoms with Gasteiger partial charge in [0, 0.05) is 34.5 Å². The van der Waals surface area contributed by atoms with Crippen LogP contribution in [0, 0.1) is 6.92 Å². The van der Waals surface area contributed by atoms with Gasteiger partial charge in [0.25, 0.3) is 5.91 Å². The number of thioether (sulfide) groups is 1. The first-order valence-corrected chi connectivity index (χ1v) is 12.1. The van der Waals surface area contributed by atoms with E-state index in [-0.39, 0.29) is 5.91 Å². The van der Waals surface area contributed by atoms with Crippen LogP contribution in [0.3, 0.4) is 0 Å². The number of aromatic nitrogens is 1. The Kier molecular flexibility index (Phi) is 6.70. The zero-order chi connectivity index (χ0) is 19.3. The fraction of sp³-hybridized carbons (Fsp3) is 0.545. The van der Waals surface area contributed by atoms with Crippen molar-refractivity contribution >= 4 is 29.0 Å². The molecule has 6 heteroatoms. The fourth-order valence-electron chi connectivity index (χ4n) is 4.08. The minimum atomic E-state index is 0.0689. The number of thiazole rings is 1. The van der Waals surface area contributed by atoms with E-state index >= 15 is 0 Å². The predicted octanol–water partition coefficient (Wildman–Crippen LogP) is 4.88. The highest BCUT2D eigenvalue weighted by Gasteiger charge is 2.24. The van der Waals surface area contributed by atoms with Gasteiger partial charge in [-0.05, 0) is 76.2 Å². The molecular formula is C22H29N3OS2. The van der Waals surface area contributed by atoms with Crippen LogP contribution in [0.25, 0.3) is 0 Å². The summed E-state index contributed by atoms with van der Waals surface area (Å²) >= 11 is 3.65. The summed E-state index contributed by atoms with van der Waals surface area (Å²) in [5, 5.41) is 5.99. The summed E-state index contributed by atoms with van der Waals surface area (Å²) in [6.45, 7) is 5.45. The van der Waals surface area contributed by atoms with Gasteiger partial charge in [0.05, 0.1) is 0 Å². The SMILES string of the molecule is Cc1csc(SC2CCC(NC(=O)c3ccc(CN4CCCC4)cc3)CC2)n1. The smallest absolute Gasteiger partial charge is 0.251 e. The third kappa shape index (κ3) is 5.37. The number of aryl methyl sites for hydroxylation is 1. The van der Waals surface area contributed by atoms with E-state index < -0.39 is 0 Å². The van der Waals surface area contributed by atoms with E-state index in [9.17, 15) is 4.79 Å². The standard InChI is InChI=1S/C22H29N3OS2/c1-16-15-27-22(23-16)28-20-10-8-19(9-11-20)24-21(26)18-6-4-17(5-7-18)14-25-12-2-3-13-25/h4-7,15,19-20H,2-3,8-14H2,1H3,(H,24,26). The molecule has 2 heterocycles. The van der Waals surface area contributed by atoms with Crippen molar-refractivity contribution < 1.29 is 4.79 Å². The Labute approximate surface area is 176 Å². The Morgan fingerprint density at radius 2 is 1.89 bits per heavy atom. The fourth-order valence-corrected chi connectivity index (χ4v) is 6.37. The predicted molar refractivity (Wildman–Crippen MR) is 117 cm³/mol. The lowest BCUT2D eigenvalue weighted by molar-refractivity contribution is 0.0928. The molecule has 2 aromatic rings. The van der Waals surface area contributed by atoms with Gasteiger partial charge in [0.1, 0.15) is 4.34 Å². The number of amides is 1. The largest absolute Gasteiger partial charge is 0.349 e. The Bertz CT molecular complexity index is 775. The summed E-state index contributed by atoms with van der Waals surface area (Å²) in [5.41, 5.74) is 3.19. The highest BCUT2D eigenvalue weighted by atomic mass is 32.2. The molecule has 1 saturated carbocycles. The molecule has 0 bridgehead atoms. The first-order chi connectivity index (χ1) is 13.7. The van der Waals surface area contributed by atoms with Crippen LogP contribution in [-0.4, -0.2) is 40.2 Å². The number of benzene rings is 1. The van der Waals surface area contributed by atoms with Gasteiger partial charge >= 0.3 is 0 Å². The maximum Gasteiger partial charge on any atom is 0.251 e. The average Bonchev–Trinajstić information content (AvgIpc) is 3.35. The lowest BCUT2D eigenvalue weighted by atomic mass is 9.94. The summed E-state index contributed by atoms with van der Waals surface area (Å²) in [4.78, 5) is 19.7. The Balaban J connectivity index is 1.22. The van der Waals surface area contributed by atoms with Crippen LogP contribution < -0.4 is 5.32 Å². The monoisotopic (exact) mass is 415 g/mol. The normalized spacial score (nSPS) is 23.0. The molecule has 2 aliphatic rings. The van der Waals surface area contributed by atoms with Crippen LogP contribution in [0.15, 0.2) is 34.0 Å². The quantitative estimate of drug-likeness (QED) is 0.730. The molecule has 0 radical (unpaired) electrons. The number of carbonyl (C=O) groups is 1. The van der Waals surface area contributed by atoms with Crippen molar-refractivity contribution in [2.45, 2.75) is 67.6 Å². The first-order valence-electron chi connectivity index (χ1n) is 10.4. The third-order valence-electron chi connectivity index (χ3n) is 5.70. The van der Waals surface area contributed by atoms with E-state index in [1.54, 1.807) is 11.3 Å². The number of hydrogen-bond donors (Lipinski definition) is 1. The Hall–Kier alpha value is -1.37. The molecule has 0 unspecified atom stereocenters. The molecule has 4 rings (SSSR count). The summed E-state index contributed by atoms with van der Waals surface area (Å²) in [6.07, 6.45) is 7.02. The maximum absolute atomic E-state index is 12.6. The highest BCUT2D eigenvalue weighted by Crippen LogP contribution is 2.35. The molecule has 4 nitrogen and oxygen atoms in total. The van der Waals surface area contributed by atoms with E-state index in [0.717, 1.165) is 43.5 Å². The van der Waals surface area contributed by atoms with Gasteiger partial charge < -0.3 is 5.32 Å². The van der Waals surface area contributed by atoms with Gasteiger partial charge in [0.15, 0.2) is 0 Å². The number of nitrogens with zero attached hydrogens (tertiary/aromatic N) is 2. The molecule has 1 N–H and O–H groups in total. The molecule has 150 valence electrons. The van der Waals surface area contributed by atoms with Crippen LogP contribution >= 0.6 is 23.1 Å². The second-order valence-corrected chi connectivity index (χ2v) is 10.4. The van der Waals surface area contributed by atoms with Crippen molar-refractivity contribution in [3.8, 4) is 0 Å². The molecule has 0 spiro atoms. The summed E-state index contributed by atoms with van der Waals surface area (Å²) in [5.74, 6) is 0.0689. The highest BCUT2D eigenvalue weighted by molar-refractivity contribution is 8.01. The molecule has 1 aromatic carbocycles. The van der Waals surface area contributed by atoms with Gasteiger partial charge in [-0.1, -0.05) is 23.9 Å². The maximum atomic E-state index is 12.6. The van der Waals surface area contributed by atoms with E-state index in [4.69, 9.17) is 0 Å². The average molecular weight is 416 g/mol. The van der Waals surface area contributed by atoms with E-state index in [2.05, 4.69) is 32.7 Å². The minimum absolute atomic E-state index is 0.0689. The van der Waals surface area contributed by atoms with Gasteiger partial charge in [-0.15, -0.1) is 11.3 Å². The van der Waals surface area contributed by atoms with E-state index in [0.29, 0.717) is 11.3 Å². The molecule has 0 atom stereocenters. The third-order valence-corrected chi connectivity index (χ3v) is 8.12. The van der Waals surface area contributed by atoms with Crippen molar-refractivity contribution in [3.05, 3.63) is 46.5 Å². The minimum Gasteiger partial charge on any atom is -0.349 e.